The fourth-order valence-corrected chi connectivity index (χ4v) is 8.87. The number of esters is 1. The molecule has 0 aromatic carbocycles. The second-order valence-corrected chi connectivity index (χ2v) is 19.1. The molecule has 2 aliphatic rings. The molecule has 0 spiro atoms. The van der Waals surface area contributed by atoms with Crippen LogP contribution in [0.3, 0.4) is 0 Å². The molecule has 1 aliphatic heterocycles. The van der Waals surface area contributed by atoms with Crippen LogP contribution in [-0.2, 0) is 38.3 Å². The summed E-state index contributed by atoms with van der Waals surface area (Å²) in [6.45, 7) is 15.3. The number of carbonyl (C=O) groups is 7. The lowest BCUT2D eigenvalue weighted by Gasteiger charge is -2.36. The van der Waals surface area contributed by atoms with Crippen LogP contribution in [0.25, 0.3) is 0 Å². The summed E-state index contributed by atoms with van der Waals surface area (Å²) in [4.78, 5) is 105. The van der Waals surface area contributed by atoms with E-state index in [-0.39, 0.29) is 62.2 Å². The molecule has 1 aliphatic carbocycles. The smallest absolute Gasteiger partial charge is 0.329 e. The molecule has 0 aromatic heterocycles. The Morgan fingerprint density at radius 1 is 0.667 bits per heavy atom. The minimum absolute atomic E-state index is 0.00705. The number of amides is 6. The molecule has 0 radical (unpaired) electrons. The molecule has 358 valence electrons. The van der Waals surface area contributed by atoms with E-state index in [0.29, 0.717) is 6.42 Å². The van der Waals surface area contributed by atoms with Gasteiger partial charge in [0.1, 0.15) is 36.3 Å². The van der Waals surface area contributed by atoms with Gasteiger partial charge in [-0.05, 0) is 62.7 Å². The molecule has 0 bridgehead atoms. The maximum Gasteiger partial charge on any atom is 0.329 e. The van der Waals surface area contributed by atoms with Crippen LogP contribution in [0.2, 0.25) is 0 Å². The fourth-order valence-electron chi connectivity index (χ4n) is 8.87. The summed E-state index contributed by atoms with van der Waals surface area (Å²) < 4.78 is 5.79. The number of nitrogens with one attached hydrogen (secondary N) is 3. The number of unbranched alkanes of at least 4 members (excludes halogenated alkanes) is 2. The second-order valence-electron chi connectivity index (χ2n) is 19.1. The zero-order valence-electron chi connectivity index (χ0n) is 40.6. The molecular formula is C48H83N7O8. The van der Waals surface area contributed by atoms with Gasteiger partial charge in [-0.15, -0.1) is 0 Å². The topological polar surface area (TPSA) is 198 Å². The molecule has 3 N–H and O–H groups in total. The summed E-state index contributed by atoms with van der Waals surface area (Å²) in [5.74, 6) is -4.08. The van der Waals surface area contributed by atoms with E-state index >= 15 is 0 Å². The molecular weight excluding hydrogens is 803 g/mol. The quantitative estimate of drug-likeness (QED) is 0.146. The zero-order chi connectivity index (χ0) is 47.4. The average molecular weight is 886 g/mol. The number of cyclic esters (lactones) is 1. The number of ether oxygens (including phenoxy) is 1. The molecule has 15 nitrogen and oxygen atoms in total. The second kappa shape index (κ2) is 27.9. The first-order valence-corrected chi connectivity index (χ1v) is 24.1. The maximum absolute atomic E-state index is 14.6. The number of nitrogens with zero attached hydrogens (tertiary/aromatic N) is 4. The third-order valence-corrected chi connectivity index (χ3v) is 13.2. The van der Waals surface area contributed by atoms with E-state index in [1.54, 1.807) is 14.0 Å². The van der Waals surface area contributed by atoms with Crippen molar-refractivity contribution in [1.82, 2.24) is 30.7 Å². The van der Waals surface area contributed by atoms with E-state index in [2.05, 4.69) is 29.8 Å². The van der Waals surface area contributed by atoms with Crippen LogP contribution in [0.4, 0.5) is 0 Å². The molecule has 2 rings (SSSR count). The number of rotatable bonds is 17. The lowest BCUT2D eigenvalue weighted by atomic mass is 9.84. The van der Waals surface area contributed by atoms with Crippen molar-refractivity contribution in [2.75, 3.05) is 21.1 Å². The minimum atomic E-state index is -1.46. The van der Waals surface area contributed by atoms with Crippen molar-refractivity contribution in [3.63, 3.8) is 0 Å². The SMILES string of the molecule is CCCCC(C)CC1NC(=O)C(CC2CCCCC2)N(C)C(=O)C(CC)NC(=O)C(CC(C)C)N(C)C(=O)C(C[C@H](C)CCCC)NC(=O)[C@@H](CCC#N)OC(=O)C(C)N(C)C1=O. The van der Waals surface area contributed by atoms with E-state index in [4.69, 9.17) is 4.74 Å². The first-order valence-electron chi connectivity index (χ1n) is 24.1. The first-order chi connectivity index (χ1) is 29.8. The van der Waals surface area contributed by atoms with Crippen molar-refractivity contribution in [3.05, 3.63) is 0 Å². The van der Waals surface area contributed by atoms with Gasteiger partial charge in [-0.3, -0.25) is 28.8 Å². The van der Waals surface area contributed by atoms with E-state index in [1.807, 2.05) is 33.8 Å². The summed E-state index contributed by atoms with van der Waals surface area (Å²) in [7, 11) is 4.53. The fraction of sp³-hybridized carbons (Fsp3) is 0.833. The predicted octanol–water partition coefficient (Wildman–Crippen LogP) is 6.03. The standard InChI is InChI=1S/C48H83N7O8/c1-12-15-21-32(6)28-37-46(60)53(9)34(8)48(62)63-41(25-20-26-49)44(58)52-38(29-33(7)22-16-13-2)47(61)54(10)39(27-31(4)5)42(56)50-36(14-3)45(59)55(11)40(43(57)51-37)30-35-23-18-17-19-24-35/h31-41H,12-25,27-30H2,1-11H3,(H,50,56)(H,51,57)(H,52,58)/t32?,33-,34?,36?,37?,38?,39?,40?,41-/m1/s1. The van der Waals surface area contributed by atoms with Crippen molar-refractivity contribution in [3.8, 4) is 6.07 Å². The van der Waals surface area contributed by atoms with Crippen molar-refractivity contribution in [1.29, 1.82) is 5.26 Å². The van der Waals surface area contributed by atoms with Crippen LogP contribution in [0.1, 0.15) is 171 Å². The molecule has 15 heteroatoms. The van der Waals surface area contributed by atoms with Crippen LogP contribution in [0.15, 0.2) is 0 Å². The highest BCUT2D eigenvalue weighted by Crippen LogP contribution is 2.29. The van der Waals surface area contributed by atoms with Crippen molar-refractivity contribution >= 4 is 41.4 Å². The van der Waals surface area contributed by atoms with Crippen LogP contribution in [0, 0.1) is 35.0 Å². The maximum atomic E-state index is 14.6. The third kappa shape index (κ3) is 17.4. The van der Waals surface area contributed by atoms with Gasteiger partial charge in [-0.25, -0.2) is 4.79 Å². The predicted molar refractivity (Wildman–Crippen MR) is 243 cm³/mol. The Morgan fingerprint density at radius 2 is 1.14 bits per heavy atom. The molecule has 9 atom stereocenters. The highest BCUT2D eigenvalue weighted by atomic mass is 16.5. The van der Waals surface area contributed by atoms with Crippen LogP contribution in [-0.4, -0.2) is 120 Å². The number of hydrogen-bond acceptors (Lipinski definition) is 9. The number of nitriles is 1. The molecule has 63 heavy (non-hydrogen) atoms. The van der Waals surface area contributed by atoms with E-state index in [1.165, 1.54) is 35.7 Å². The Balaban J connectivity index is 2.81. The molecule has 1 saturated heterocycles. The van der Waals surface area contributed by atoms with Crippen molar-refractivity contribution in [2.45, 2.75) is 213 Å². The Morgan fingerprint density at radius 3 is 1.65 bits per heavy atom. The lowest BCUT2D eigenvalue weighted by molar-refractivity contribution is -0.163. The van der Waals surface area contributed by atoms with Gasteiger partial charge in [-0.2, -0.15) is 5.26 Å². The summed E-state index contributed by atoms with van der Waals surface area (Å²) in [6.07, 6.45) is 9.84. The van der Waals surface area contributed by atoms with Gasteiger partial charge in [0, 0.05) is 34.0 Å². The van der Waals surface area contributed by atoms with E-state index in [0.717, 1.165) is 70.6 Å². The van der Waals surface area contributed by atoms with Crippen LogP contribution in [0.5, 0.6) is 0 Å². The van der Waals surface area contributed by atoms with Gasteiger partial charge in [0.05, 0.1) is 6.07 Å². The van der Waals surface area contributed by atoms with Crippen LogP contribution >= 0.6 is 0 Å². The largest absolute Gasteiger partial charge is 0.451 e. The first kappa shape index (κ1) is 54.9. The number of hydrogen-bond donors (Lipinski definition) is 3. The van der Waals surface area contributed by atoms with Crippen LogP contribution < -0.4 is 16.0 Å². The Labute approximate surface area is 378 Å². The van der Waals surface area contributed by atoms with Gasteiger partial charge in [-0.1, -0.05) is 119 Å². The Hall–Kier alpha value is -4.22. The van der Waals surface area contributed by atoms with Gasteiger partial charge >= 0.3 is 5.97 Å². The van der Waals surface area contributed by atoms with Gasteiger partial charge in [0.25, 0.3) is 5.91 Å². The summed E-state index contributed by atoms with van der Waals surface area (Å²) in [5, 5.41) is 18.3. The third-order valence-electron chi connectivity index (χ3n) is 13.2. The Bertz CT molecular complexity index is 1540. The van der Waals surface area contributed by atoms with Gasteiger partial charge in [0.2, 0.25) is 29.5 Å². The molecule has 0 aromatic rings. The molecule has 1 saturated carbocycles. The van der Waals surface area contributed by atoms with Crippen molar-refractivity contribution in [2.24, 2.45) is 23.7 Å². The monoisotopic (exact) mass is 886 g/mol. The normalized spacial score (nSPS) is 26.9. The molecule has 1 heterocycles. The Kier molecular flexibility index (Phi) is 24.3. The summed E-state index contributed by atoms with van der Waals surface area (Å²) >= 11 is 0. The highest BCUT2D eigenvalue weighted by Gasteiger charge is 2.41. The van der Waals surface area contributed by atoms with E-state index in [9.17, 15) is 38.8 Å². The van der Waals surface area contributed by atoms with E-state index < -0.39 is 83.8 Å². The number of likely N-dealkylation sites (N-methyl/N-ethyl adjacent to an activating group) is 3. The average Bonchev–Trinajstić information content (AvgIpc) is 3.26. The van der Waals surface area contributed by atoms with Gasteiger partial charge < -0.3 is 35.4 Å². The zero-order valence-corrected chi connectivity index (χ0v) is 40.6. The molecule has 6 amide bonds. The summed E-state index contributed by atoms with van der Waals surface area (Å²) in [6, 6.07) is -4.37. The highest BCUT2D eigenvalue weighted by molar-refractivity contribution is 5.97. The number of carbonyl (C=O) groups excluding carboxylic acids is 7. The van der Waals surface area contributed by atoms with Crippen molar-refractivity contribution < 1.29 is 38.3 Å². The minimum Gasteiger partial charge on any atom is -0.451 e. The molecule has 7 unspecified atom stereocenters. The van der Waals surface area contributed by atoms with Gasteiger partial charge in [0.15, 0.2) is 6.10 Å². The molecule has 2 fully saturated rings. The lowest BCUT2D eigenvalue weighted by Crippen LogP contribution is -2.60. The summed E-state index contributed by atoms with van der Waals surface area (Å²) in [5.41, 5.74) is 0.